The molecule has 0 spiro atoms. The average Bonchev–Trinajstić information content (AvgIpc) is 2.15. The zero-order valence-electron chi connectivity index (χ0n) is 11.8. The number of halogens is 14. The Morgan fingerprint density at radius 2 is 0.750 bits per heavy atom. The molecule has 150 valence electrons. The molecule has 0 atom stereocenters. The van der Waals surface area contributed by atoms with Gasteiger partial charge in [-0.25, -0.2) is 8.78 Å². The van der Waals surface area contributed by atoms with E-state index >= 15 is 0 Å². The van der Waals surface area contributed by atoms with Gasteiger partial charge in [0.1, 0.15) is 0 Å². The monoisotopic (exact) mass is 396 g/mol. The van der Waals surface area contributed by atoms with Gasteiger partial charge < -0.3 is 56.7 Å². The van der Waals surface area contributed by atoms with Crippen LogP contribution in [-0.2, 0) is 0 Å². The summed E-state index contributed by atoms with van der Waals surface area (Å²) in [5.74, 6) is -2.38. The summed E-state index contributed by atoms with van der Waals surface area (Å²) in [5, 5.41) is 0. The summed E-state index contributed by atoms with van der Waals surface area (Å²) in [7, 11) is -16.1. The van der Waals surface area contributed by atoms with Crippen molar-refractivity contribution >= 4 is 21.8 Å². The minimum Gasteiger partial charge on any atom is -0.418 e. The Kier molecular flexibility index (Phi) is 12.7. The van der Waals surface area contributed by atoms with Crippen molar-refractivity contribution in [3.8, 4) is 0 Å². The third kappa shape index (κ3) is 69.0. The second kappa shape index (κ2) is 10.9. The van der Waals surface area contributed by atoms with Gasteiger partial charge in [0.2, 0.25) is 0 Å². The first-order valence-electron chi connectivity index (χ1n) is 5.78. The SMILES string of the molecule is CN1CCC(F)(F)CC1.F[B-](F)(F)F.F[B-](F)(F)F.F[B-](F)(F)F. The Balaban J connectivity index is -0.000000259. The fourth-order valence-corrected chi connectivity index (χ4v) is 0.946. The number of alkyl halides is 2. The summed E-state index contributed by atoms with van der Waals surface area (Å²) in [6, 6.07) is 0. The molecule has 0 aromatic heterocycles. The molecule has 1 fully saturated rings. The molecule has 0 aliphatic carbocycles. The highest BCUT2D eigenvalue weighted by atomic mass is 19.5. The van der Waals surface area contributed by atoms with Crippen molar-refractivity contribution in [1.82, 2.24) is 4.90 Å². The van der Waals surface area contributed by atoms with Gasteiger partial charge in [-0.05, 0) is 7.05 Å². The molecule has 0 bridgehead atoms. The zero-order chi connectivity index (χ0) is 20.4. The predicted octanol–water partition coefficient (Wildman–Crippen LogP) is 5.25. The Labute approximate surface area is 127 Å². The summed E-state index contributed by atoms with van der Waals surface area (Å²) >= 11 is 0. The van der Waals surface area contributed by atoms with Gasteiger partial charge in [-0.3, -0.25) is 0 Å². The Morgan fingerprint density at radius 3 is 0.875 bits per heavy atom. The highest BCUT2D eigenvalue weighted by molar-refractivity contribution is 6.50. The van der Waals surface area contributed by atoms with Crippen LogP contribution in [0.25, 0.3) is 0 Å². The van der Waals surface area contributed by atoms with Gasteiger partial charge in [0.05, 0.1) is 0 Å². The third-order valence-corrected chi connectivity index (χ3v) is 1.72. The van der Waals surface area contributed by atoms with Crippen LogP contribution in [0.4, 0.5) is 60.6 Å². The molecule has 1 aliphatic rings. The topological polar surface area (TPSA) is 3.24 Å². The highest BCUT2D eigenvalue weighted by Crippen LogP contribution is 2.26. The molecular formula is C6H11B3F14N-3. The van der Waals surface area contributed by atoms with E-state index < -0.39 is 27.7 Å². The van der Waals surface area contributed by atoms with E-state index in [-0.39, 0.29) is 12.8 Å². The maximum Gasteiger partial charge on any atom is 0.673 e. The number of likely N-dealkylation sites (tertiary alicyclic amines) is 1. The molecular weight excluding hydrogens is 384 g/mol. The van der Waals surface area contributed by atoms with Gasteiger partial charge in [0.15, 0.2) is 0 Å². The lowest BCUT2D eigenvalue weighted by Gasteiger charge is -2.28. The van der Waals surface area contributed by atoms with Crippen LogP contribution in [0, 0.1) is 0 Å². The second-order valence-electron chi connectivity index (χ2n) is 4.14. The van der Waals surface area contributed by atoms with Crippen LogP contribution < -0.4 is 0 Å². The first-order chi connectivity index (χ1) is 10.1. The summed E-state index contributed by atoms with van der Waals surface area (Å²) < 4.78 is 142. The van der Waals surface area contributed by atoms with E-state index in [0.717, 1.165) is 0 Å². The van der Waals surface area contributed by atoms with Gasteiger partial charge in [0.25, 0.3) is 5.92 Å². The largest absolute Gasteiger partial charge is 0.673 e. The molecule has 1 heterocycles. The first-order valence-corrected chi connectivity index (χ1v) is 5.78. The summed E-state index contributed by atoms with van der Waals surface area (Å²) in [4.78, 5) is 1.93. The van der Waals surface area contributed by atoms with Crippen LogP contribution in [0.1, 0.15) is 12.8 Å². The highest BCUT2D eigenvalue weighted by Gasteiger charge is 2.32. The van der Waals surface area contributed by atoms with Crippen LogP contribution >= 0.6 is 0 Å². The molecule has 0 amide bonds. The molecule has 1 saturated heterocycles. The van der Waals surface area contributed by atoms with Crippen molar-refractivity contribution in [1.29, 1.82) is 0 Å². The first kappa shape index (κ1) is 28.0. The lowest BCUT2D eigenvalue weighted by Crippen LogP contribution is -2.36. The molecule has 0 radical (unpaired) electrons. The molecule has 18 heteroatoms. The fourth-order valence-electron chi connectivity index (χ4n) is 0.946. The molecule has 1 rings (SSSR count). The average molecular weight is 396 g/mol. The summed E-state index contributed by atoms with van der Waals surface area (Å²) in [5.41, 5.74) is 0. The molecule has 0 saturated carbocycles. The van der Waals surface area contributed by atoms with E-state index in [0.29, 0.717) is 13.1 Å². The van der Waals surface area contributed by atoms with Crippen molar-refractivity contribution in [3.05, 3.63) is 0 Å². The van der Waals surface area contributed by atoms with Crippen molar-refractivity contribution < 1.29 is 60.6 Å². The Morgan fingerprint density at radius 1 is 0.583 bits per heavy atom. The Hall–Kier alpha value is -0.825. The number of hydrogen-bond donors (Lipinski definition) is 0. The van der Waals surface area contributed by atoms with Crippen molar-refractivity contribution in [2.45, 2.75) is 18.8 Å². The molecule has 1 nitrogen and oxygen atoms in total. The zero-order valence-corrected chi connectivity index (χ0v) is 11.8. The molecule has 0 aromatic carbocycles. The van der Waals surface area contributed by atoms with Crippen LogP contribution in [0.3, 0.4) is 0 Å². The molecule has 1 aliphatic heterocycles. The minimum atomic E-state index is -6.00. The predicted molar refractivity (Wildman–Crippen MR) is 62.2 cm³/mol. The smallest absolute Gasteiger partial charge is 0.418 e. The van der Waals surface area contributed by atoms with Crippen LogP contribution in [0.15, 0.2) is 0 Å². The van der Waals surface area contributed by atoms with Crippen molar-refractivity contribution in [2.75, 3.05) is 20.1 Å². The van der Waals surface area contributed by atoms with E-state index in [1.165, 1.54) is 0 Å². The number of rotatable bonds is 0. The standard InChI is InChI=1S/C6H11F2N.3BF4/c1-9-4-2-6(7,8)3-5-9;3*2-1(3,4)5/h2-5H2,1H3;;;/q;3*-1. The van der Waals surface area contributed by atoms with E-state index in [9.17, 15) is 60.6 Å². The van der Waals surface area contributed by atoms with Gasteiger partial charge in [-0.1, -0.05) is 0 Å². The summed E-state index contributed by atoms with van der Waals surface area (Å²) in [6.07, 6.45) is 0.0625. The van der Waals surface area contributed by atoms with Crippen molar-refractivity contribution in [2.24, 2.45) is 0 Å². The number of hydrogen-bond acceptors (Lipinski definition) is 1. The molecule has 24 heavy (non-hydrogen) atoms. The van der Waals surface area contributed by atoms with Gasteiger partial charge >= 0.3 is 21.8 Å². The molecule has 0 unspecified atom stereocenters. The fraction of sp³-hybridized carbons (Fsp3) is 1.00. The number of nitrogens with zero attached hydrogens (tertiary/aromatic N) is 1. The lowest BCUT2D eigenvalue weighted by molar-refractivity contribution is -0.0504. The van der Waals surface area contributed by atoms with Crippen LogP contribution in [-0.4, -0.2) is 52.7 Å². The van der Waals surface area contributed by atoms with Crippen LogP contribution in [0.5, 0.6) is 0 Å². The van der Waals surface area contributed by atoms with Crippen LogP contribution in [0.2, 0.25) is 0 Å². The number of piperidine rings is 1. The van der Waals surface area contributed by atoms with E-state index in [1.54, 1.807) is 0 Å². The van der Waals surface area contributed by atoms with E-state index in [4.69, 9.17) is 0 Å². The molecule has 0 aromatic rings. The van der Waals surface area contributed by atoms with Gasteiger partial charge in [-0.2, -0.15) is 0 Å². The molecule has 0 N–H and O–H groups in total. The quantitative estimate of drug-likeness (QED) is 0.400. The second-order valence-corrected chi connectivity index (χ2v) is 4.14. The van der Waals surface area contributed by atoms with Crippen molar-refractivity contribution in [3.63, 3.8) is 0 Å². The van der Waals surface area contributed by atoms with E-state index in [2.05, 4.69) is 0 Å². The maximum absolute atomic E-state index is 12.4. The summed E-state index contributed by atoms with van der Waals surface area (Å²) in [6.45, 7) is 1.07. The van der Waals surface area contributed by atoms with E-state index in [1.807, 2.05) is 11.9 Å². The lowest BCUT2D eigenvalue weighted by atomic mass is 10.1. The third-order valence-electron chi connectivity index (χ3n) is 1.72. The maximum atomic E-state index is 12.4. The normalized spacial score (nSPS) is 18.1. The minimum absolute atomic E-state index is 0.0312. The Bertz CT molecular complexity index is 255. The van der Waals surface area contributed by atoms with Gasteiger partial charge in [-0.15, -0.1) is 0 Å². The van der Waals surface area contributed by atoms with Gasteiger partial charge in [0, 0.05) is 25.9 Å².